The van der Waals surface area contributed by atoms with Gasteiger partial charge in [0, 0.05) is 13.1 Å². The van der Waals surface area contributed by atoms with Gasteiger partial charge in [0.2, 0.25) is 0 Å². The van der Waals surface area contributed by atoms with Gasteiger partial charge in [-0.3, -0.25) is 0 Å². The molecule has 14 heavy (non-hydrogen) atoms. The van der Waals surface area contributed by atoms with Crippen LogP contribution in [0.15, 0.2) is 0 Å². The second-order valence-corrected chi connectivity index (χ2v) is 3.31. The van der Waals surface area contributed by atoms with Crippen LogP contribution in [0.3, 0.4) is 0 Å². The highest BCUT2D eigenvalue weighted by Gasteiger charge is 2.21. The molecule has 3 nitrogen and oxygen atoms in total. The summed E-state index contributed by atoms with van der Waals surface area (Å²) in [6.45, 7) is 10.2. The third-order valence-electron chi connectivity index (χ3n) is 2.21. The maximum atomic E-state index is 8.56. The van der Waals surface area contributed by atoms with E-state index in [0.29, 0.717) is 12.7 Å². The first-order chi connectivity index (χ1) is 6.86. The largest absolute Gasteiger partial charge is 0.394 e. The van der Waals surface area contributed by atoms with Gasteiger partial charge in [0.25, 0.3) is 0 Å². The summed E-state index contributed by atoms with van der Waals surface area (Å²) in [5.41, 5.74) is 0. The van der Waals surface area contributed by atoms with E-state index in [1.165, 1.54) is 13.0 Å². The minimum atomic E-state index is 0.143. The van der Waals surface area contributed by atoms with Gasteiger partial charge in [0.05, 0.1) is 19.3 Å². The van der Waals surface area contributed by atoms with Crippen LogP contribution in [0, 0.1) is 0 Å². The van der Waals surface area contributed by atoms with Crippen LogP contribution in [0.25, 0.3) is 0 Å². The minimum Gasteiger partial charge on any atom is -0.394 e. The van der Waals surface area contributed by atoms with E-state index in [-0.39, 0.29) is 6.61 Å². The van der Waals surface area contributed by atoms with E-state index in [1.807, 2.05) is 13.8 Å². The van der Waals surface area contributed by atoms with Crippen molar-refractivity contribution in [3.05, 3.63) is 0 Å². The lowest BCUT2D eigenvalue weighted by atomic mass is 10.3. The average molecular weight is 203 g/mol. The van der Waals surface area contributed by atoms with Crippen LogP contribution in [-0.2, 0) is 4.74 Å². The van der Waals surface area contributed by atoms with Crippen LogP contribution < -0.4 is 0 Å². The van der Waals surface area contributed by atoms with Crippen molar-refractivity contribution in [2.24, 2.45) is 0 Å². The quantitative estimate of drug-likeness (QED) is 0.735. The number of aliphatic hydroxyl groups excluding tert-OH is 1. The second-order valence-electron chi connectivity index (χ2n) is 3.31. The molecule has 1 aliphatic rings. The highest BCUT2D eigenvalue weighted by molar-refractivity contribution is 4.75. The third kappa shape index (κ3) is 5.58. The molecular weight excluding hydrogens is 178 g/mol. The summed E-state index contributed by atoms with van der Waals surface area (Å²) in [5.74, 6) is 0. The van der Waals surface area contributed by atoms with E-state index >= 15 is 0 Å². The molecule has 0 amide bonds. The van der Waals surface area contributed by atoms with Gasteiger partial charge in [-0.1, -0.05) is 20.8 Å². The van der Waals surface area contributed by atoms with Crippen molar-refractivity contribution in [2.45, 2.75) is 39.7 Å². The molecule has 0 radical (unpaired) electrons. The number of aliphatic hydroxyl groups is 1. The molecule has 86 valence electrons. The first-order valence-electron chi connectivity index (χ1n) is 5.81. The minimum absolute atomic E-state index is 0.143. The maximum absolute atomic E-state index is 8.56. The van der Waals surface area contributed by atoms with E-state index < -0.39 is 0 Å². The van der Waals surface area contributed by atoms with E-state index in [4.69, 9.17) is 9.84 Å². The molecule has 1 fully saturated rings. The molecule has 1 aliphatic heterocycles. The van der Waals surface area contributed by atoms with Gasteiger partial charge in [-0.15, -0.1) is 0 Å². The molecule has 1 atom stereocenters. The van der Waals surface area contributed by atoms with Crippen LogP contribution in [0.5, 0.6) is 0 Å². The maximum Gasteiger partial charge on any atom is 0.0715 e. The first kappa shape index (κ1) is 13.9. The zero-order valence-electron chi connectivity index (χ0n) is 9.83. The van der Waals surface area contributed by atoms with Gasteiger partial charge < -0.3 is 14.7 Å². The van der Waals surface area contributed by atoms with Gasteiger partial charge in [-0.05, 0) is 19.4 Å². The molecule has 0 aromatic carbocycles. The Labute approximate surface area is 88.1 Å². The summed E-state index contributed by atoms with van der Waals surface area (Å²) in [7, 11) is 0. The van der Waals surface area contributed by atoms with Crippen molar-refractivity contribution < 1.29 is 9.84 Å². The second kappa shape index (κ2) is 9.44. The lowest BCUT2D eigenvalue weighted by molar-refractivity contribution is 0.0342. The molecule has 3 heteroatoms. The topological polar surface area (TPSA) is 32.7 Å². The lowest BCUT2D eigenvalue weighted by Crippen LogP contribution is -2.24. The van der Waals surface area contributed by atoms with Crippen molar-refractivity contribution in [3.8, 4) is 0 Å². The standard InChI is InChI=1S/C9H19NO2.C2H6/c1-2-4-10-5-3-9(8-10)12-7-6-11;1-2/h9,11H,2-8H2,1H3;1-2H3. The summed E-state index contributed by atoms with van der Waals surface area (Å²) < 4.78 is 5.44. The van der Waals surface area contributed by atoms with Crippen molar-refractivity contribution in [1.82, 2.24) is 4.90 Å². The SMILES string of the molecule is CC.CCCN1CCC(OCCO)C1. The van der Waals surface area contributed by atoms with Crippen LogP contribution in [0.2, 0.25) is 0 Å². The van der Waals surface area contributed by atoms with Gasteiger partial charge in [0.1, 0.15) is 0 Å². The fourth-order valence-corrected chi connectivity index (χ4v) is 1.67. The van der Waals surface area contributed by atoms with Gasteiger partial charge >= 0.3 is 0 Å². The van der Waals surface area contributed by atoms with Crippen LogP contribution in [-0.4, -0.2) is 49.0 Å². The molecule has 0 aromatic heterocycles. The predicted molar refractivity (Wildman–Crippen MR) is 59.5 cm³/mol. The van der Waals surface area contributed by atoms with Gasteiger partial charge in [-0.2, -0.15) is 0 Å². The van der Waals surface area contributed by atoms with E-state index in [0.717, 1.165) is 19.5 Å². The molecule has 0 spiro atoms. The van der Waals surface area contributed by atoms with E-state index in [1.54, 1.807) is 0 Å². The molecule has 0 bridgehead atoms. The average Bonchev–Trinajstić information content (AvgIpc) is 2.66. The Morgan fingerprint density at radius 3 is 2.71 bits per heavy atom. The molecular formula is C11H25NO2. The summed E-state index contributed by atoms with van der Waals surface area (Å²) >= 11 is 0. The number of rotatable bonds is 5. The Hall–Kier alpha value is -0.120. The number of hydrogen-bond donors (Lipinski definition) is 1. The fourth-order valence-electron chi connectivity index (χ4n) is 1.67. The summed E-state index contributed by atoms with van der Waals surface area (Å²) in [4.78, 5) is 2.42. The normalized spacial score (nSPS) is 21.9. The Morgan fingerprint density at radius 2 is 2.14 bits per heavy atom. The number of nitrogens with zero attached hydrogens (tertiary/aromatic N) is 1. The first-order valence-corrected chi connectivity index (χ1v) is 5.81. The monoisotopic (exact) mass is 203 g/mol. The highest BCUT2D eigenvalue weighted by Crippen LogP contribution is 2.12. The molecule has 1 saturated heterocycles. The highest BCUT2D eigenvalue weighted by atomic mass is 16.5. The molecule has 0 saturated carbocycles. The van der Waals surface area contributed by atoms with Crippen LogP contribution in [0.1, 0.15) is 33.6 Å². The molecule has 0 aromatic rings. The molecule has 1 unspecified atom stereocenters. The predicted octanol–water partition coefficient (Wildman–Crippen LogP) is 1.51. The molecule has 0 aliphatic carbocycles. The summed E-state index contributed by atoms with van der Waals surface area (Å²) in [6.07, 6.45) is 2.70. The molecule has 1 heterocycles. The van der Waals surface area contributed by atoms with Crippen molar-refractivity contribution in [1.29, 1.82) is 0 Å². The Balaban J connectivity index is 0.000000791. The fraction of sp³-hybridized carbons (Fsp3) is 1.00. The molecule has 1 rings (SSSR count). The molecule has 1 N–H and O–H groups in total. The number of hydrogen-bond acceptors (Lipinski definition) is 3. The Bertz CT molecular complexity index is 120. The zero-order valence-corrected chi connectivity index (χ0v) is 9.83. The smallest absolute Gasteiger partial charge is 0.0715 e. The van der Waals surface area contributed by atoms with E-state index in [9.17, 15) is 0 Å². The Morgan fingerprint density at radius 1 is 1.43 bits per heavy atom. The van der Waals surface area contributed by atoms with E-state index in [2.05, 4.69) is 11.8 Å². The van der Waals surface area contributed by atoms with Crippen molar-refractivity contribution in [2.75, 3.05) is 32.8 Å². The van der Waals surface area contributed by atoms with Gasteiger partial charge in [0.15, 0.2) is 0 Å². The van der Waals surface area contributed by atoms with Crippen molar-refractivity contribution in [3.63, 3.8) is 0 Å². The van der Waals surface area contributed by atoms with Gasteiger partial charge in [-0.25, -0.2) is 0 Å². The van der Waals surface area contributed by atoms with Crippen LogP contribution in [0.4, 0.5) is 0 Å². The Kier molecular flexibility index (Phi) is 9.35. The number of ether oxygens (including phenoxy) is 1. The zero-order chi connectivity index (χ0) is 10.8. The lowest BCUT2D eigenvalue weighted by Gasteiger charge is -2.14. The third-order valence-corrected chi connectivity index (χ3v) is 2.21. The summed E-state index contributed by atoms with van der Waals surface area (Å²) in [6, 6.07) is 0. The summed E-state index contributed by atoms with van der Waals surface area (Å²) in [5, 5.41) is 8.56. The number of likely N-dealkylation sites (tertiary alicyclic amines) is 1. The van der Waals surface area contributed by atoms with Crippen LogP contribution >= 0.6 is 0 Å². The van der Waals surface area contributed by atoms with Crippen molar-refractivity contribution >= 4 is 0 Å².